The molecule has 11 heteroatoms. The van der Waals surface area contributed by atoms with Crippen LogP contribution >= 0.6 is 0 Å². The molecule has 5 rings (SSSR count). The van der Waals surface area contributed by atoms with Gasteiger partial charge in [-0.1, -0.05) is 12.1 Å². The van der Waals surface area contributed by atoms with E-state index in [0.717, 1.165) is 12.8 Å². The van der Waals surface area contributed by atoms with E-state index in [1.54, 1.807) is 54.1 Å². The van der Waals surface area contributed by atoms with Crippen molar-refractivity contribution in [3.05, 3.63) is 75.6 Å². The summed E-state index contributed by atoms with van der Waals surface area (Å²) in [7, 11) is 2.89. The molecule has 1 atom stereocenters. The molecule has 1 amide bonds. The molecule has 202 valence electrons. The molecule has 4 heterocycles. The van der Waals surface area contributed by atoms with Gasteiger partial charge >= 0.3 is 5.97 Å². The van der Waals surface area contributed by atoms with E-state index in [-0.39, 0.29) is 58.2 Å². The van der Waals surface area contributed by atoms with Crippen LogP contribution in [0.5, 0.6) is 11.5 Å². The standard InChI is InChI=1S/C28H28N4O7/c1-4-38-28(35)20-15-19-24(29-22-12-5-6-13-31(22)27(19)34)32(16-17-9-8-14-39-17)25(20)30-26(33)18-10-7-11-21(36-2)23(18)37-3/h5-7,10-13,15,17H,4,8-9,14,16H2,1-3H3. The summed E-state index contributed by atoms with van der Waals surface area (Å²) in [6, 6.07) is 11.5. The van der Waals surface area contributed by atoms with Gasteiger partial charge in [-0.2, -0.15) is 4.99 Å². The second-order valence-corrected chi connectivity index (χ2v) is 8.89. The third-order valence-electron chi connectivity index (χ3n) is 6.54. The van der Waals surface area contributed by atoms with Crippen LogP contribution < -0.4 is 20.5 Å². The van der Waals surface area contributed by atoms with Crippen LogP contribution in [0.1, 0.15) is 40.5 Å². The number of carbonyl (C=O) groups excluding carboxylic acids is 2. The van der Waals surface area contributed by atoms with Gasteiger partial charge in [-0.15, -0.1) is 0 Å². The topological polar surface area (TPSA) is 123 Å². The zero-order chi connectivity index (χ0) is 27.5. The average Bonchev–Trinajstić information content (AvgIpc) is 3.47. The largest absolute Gasteiger partial charge is 0.493 e. The van der Waals surface area contributed by atoms with Gasteiger partial charge < -0.3 is 23.5 Å². The molecule has 1 fully saturated rings. The maximum absolute atomic E-state index is 13.6. The summed E-state index contributed by atoms with van der Waals surface area (Å²) in [6.07, 6.45) is 3.02. The number of aromatic nitrogens is 3. The molecule has 1 aliphatic rings. The number of esters is 1. The van der Waals surface area contributed by atoms with Crippen LogP contribution in [0.15, 0.2) is 58.4 Å². The Labute approximate surface area is 223 Å². The molecule has 11 nitrogen and oxygen atoms in total. The van der Waals surface area contributed by atoms with Crippen LogP contribution in [0.2, 0.25) is 0 Å². The Morgan fingerprint density at radius 3 is 2.69 bits per heavy atom. The van der Waals surface area contributed by atoms with Crippen LogP contribution in [0.25, 0.3) is 16.7 Å². The van der Waals surface area contributed by atoms with Gasteiger partial charge in [0.1, 0.15) is 16.9 Å². The van der Waals surface area contributed by atoms with E-state index in [9.17, 15) is 14.4 Å². The van der Waals surface area contributed by atoms with E-state index in [0.29, 0.717) is 18.0 Å². The summed E-state index contributed by atoms with van der Waals surface area (Å²) in [6.45, 7) is 2.58. The first kappa shape index (κ1) is 26.1. The van der Waals surface area contributed by atoms with Crippen molar-refractivity contribution in [2.75, 3.05) is 27.4 Å². The van der Waals surface area contributed by atoms with E-state index >= 15 is 0 Å². The second-order valence-electron chi connectivity index (χ2n) is 8.89. The highest BCUT2D eigenvalue weighted by molar-refractivity contribution is 5.99. The lowest BCUT2D eigenvalue weighted by atomic mass is 10.1. The zero-order valence-electron chi connectivity index (χ0n) is 21.9. The minimum Gasteiger partial charge on any atom is -0.493 e. The number of para-hydroxylation sites is 1. The smallest absolute Gasteiger partial charge is 0.341 e. The average molecular weight is 533 g/mol. The van der Waals surface area contributed by atoms with E-state index < -0.39 is 11.9 Å². The Balaban J connectivity index is 1.86. The molecular weight excluding hydrogens is 504 g/mol. The monoisotopic (exact) mass is 532 g/mol. The quantitative estimate of drug-likeness (QED) is 0.263. The van der Waals surface area contributed by atoms with Crippen LogP contribution in [0.4, 0.5) is 0 Å². The first-order valence-electron chi connectivity index (χ1n) is 12.6. The summed E-state index contributed by atoms with van der Waals surface area (Å²) in [4.78, 5) is 49.5. The van der Waals surface area contributed by atoms with Gasteiger partial charge in [-0.25, -0.2) is 9.78 Å². The van der Waals surface area contributed by atoms with Crippen LogP contribution in [-0.4, -0.2) is 59.4 Å². The lowest BCUT2D eigenvalue weighted by molar-refractivity contribution is 0.0521. The number of nitrogens with zero attached hydrogens (tertiary/aromatic N) is 4. The first-order valence-corrected chi connectivity index (χ1v) is 12.6. The highest BCUT2D eigenvalue weighted by Gasteiger charge is 2.25. The van der Waals surface area contributed by atoms with E-state index in [1.165, 1.54) is 24.7 Å². The molecule has 0 saturated carbocycles. The first-order chi connectivity index (χ1) is 19.0. The molecule has 1 aliphatic heterocycles. The summed E-state index contributed by atoms with van der Waals surface area (Å²) in [5, 5.41) is 0.185. The van der Waals surface area contributed by atoms with Gasteiger partial charge in [0.2, 0.25) is 0 Å². The Hall–Kier alpha value is -4.51. The number of carbonyl (C=O) groups is 2. The summed E-state index contributed by atoms with van der Waals surface area (Å²) < 4.78 is 25.0. The molecule has 0 radical (unpaired) electrons. The molecule has 3 aromatic heterocycles. The molecular formula is C28H28N4O7. The SMILES string of the molecule is CCOC(=O)c1cc2c(=O)n3ccccc3nc2n(CC2CCCO2)c1=NC(=O)c1cccc(OC)c1OC. The summed E-state index contributed by atoms with van der Waals surface area (Å²) in [5.74, 6) is -0.826. The molecule has 0 aliphatic carbocycles. The molecule has 0 spiro atoms. The molecule has 4 aromatic rings. The van der Waals surface area contributed by atoms with Gasteiger partial charge in [0.15, 0.2) is 17.0 Å². The van der Waals surface area contributed by atoms with Gasteiger partial charge in [-0.3, -0.25) is 14.0 Å². The zero-order valence-corrected chi connectivity index (χ0v) is 21.9. The van der Waals surface area contributed by atoms with Crippen molar-refractivity contribution < 1.29 is 28.5 Å². The van der Waals surface area contributed by atoms with Crippen molar-refractivity contribution in [2.45, 2.75) is 32.4 Å². The second kappa shape index (κ2) is 11.1. The maximum atomic E-state index is 13.6. The number of fused-ring (bicyclic) bond motifs is 2. The summed E-state index contributed by atoms with van der Waals surface area (Å²) >= 11 is 0. The molecule has 0 bridgehead atoms. The molecule has 1 aromatic carbocycles. The normalized spacial score (nSPS) is 15.6. The third-order valence-corrected chi connectivity index (χ3v) is 6.54. The van der Waals surface area contributed by atoms with E-state index in [4.69, 9.17) is 23.9 Å². The Bertz CT molecular complexity index is 1700. The fourth-order valence-corrected chi connectivity index (χ4v) is 4.73. The van der Waals surface area contributed by atoms with Crippen molar-refractivity contribution >= 4 is 28.6 Å². The van der Waals surface area contributed by atoms with E-state index in [1.807, 2.05) is 0 Å². The molecule has 1 unspecified atom stereocenters. The highest BCUT2D eigenvalue weighted by atomic mass is 16.5. The van der Waals surface area contributed by atoms with Crippen molar-refractivity contribution in [3.8, 4) is 11.5 Å². The minimum atomic E-state index is -0.720. The Morgan fingerprint density at radius 2 is 1.97 bits per heavy atom. The van der Waals surface area contributed by atoms with Crippen LogP contribution in [0.3, 0.4) is 0 Å². The number of amides is 1. The van der Waals surface area contributed by atoms with Crippen LogP contribution in [0, 0.1) is 0 Å². The Kier molecular flexibility index (Phi) is 7.42. The fourth-order valence-electron chi connectivity index (χ4n) is 4.73. The van der Waals surface area contributed by atoms with Crippen molar-refractivity contribution in [3.63, 3.8) is 0 Å². The molecule has 1 saturated heterocycles. The molecule has 39 heavy (non-hydrogen) atoms. The van der Waals surface area contributed by atoms with Gasteiger partial charge in [0.25, 0.3) is 11.5 Å². The number of benzene rings is 1. The van der Waals surface area contributed by atoms with E-state index in [2.05, 4.69) is 4.99 Å². The number of pyridine rings is 2. The number of ether oxygens (including phenoxy) is 4. The number of hydrogen-bond acceptors (Lipinski definition) is 8. The van der Waals surface area contributed by atoms with Gasteiger partial charge in [0.05, 0.1) is 44.4 Å². The van der Waals surface area contributed by atoms with Gasteiger partial charge in [0, 0.05) is 12.8 Å². The van der Waals surface area contributed by atoms with Crippen molar-refractivity contribution in [1.82, 2.24) is 14.0 Å². The number of hydrogen-bond donors (Lipinski definition) is 0. The number of methoxy groups -OCH3 is 2. The van der Waals surface area contributed by atoms with Gasteiger partial charge in [-0.05, 0) is 50.1 Å². The predicted molar refractivity (Wildman–Crippen MR) is 141 cm³/mol. The highest BCUT2D eigenvalue weighted by Crippen LogP contribution is 2.31. The number of rotatable bonds is 7. The van der Waals surface area contributed by atoms with Crippen molar-refractivity contribution in [1.29, 1.82) is 0 Å². The predicted octanol–water partition coefficient (Wildman–Crippen LogP) is 2.76. The lowest BCUT2D eigenvalue weighted by Crippen LogP contribution is -2.35. The van der Waals surface area contributed by atoms with Crippen molar-refractivity contribution in [2.24, 2.45) is 4.99 Å². The minimum absolute atomic E-state index is 0.0125. The van der Waals surface area contributed by atoms with Crippen LogP contribution in [-0.2, 0) is 16.0 Å². The maximum Gasteiger partial charge on any atom is 0.341 e. The third kappa shape index (κ3) is 4.88. The summed E-state index contributed by atoms with van der Waals surface area (Å²) in [5.41, 5.74) is 0.438. The lowest BCUT2D eigenvalue weighted by Gasteiger charge is -2.18. The fraction of sp³-hybridized carbons (Fsp3) is 0.321. The Morgan fingerprint density at radius 1 is 1.13 bits per heavy atom. The molecule has 0 N–H and O–H groups in total.